The van der Waals surface area contributed by atoms with Crippen molar-refractivity contribution in [1.82, 2.24) is 19.7 Å². The van der Waals surface area contributed by atoms with Crippen LogP contribution in [0.1, 0.15) is 29.0 Å². The van der Waals surface area contributed by atoms with Crippen molar-refractivity contribution in [3.8, 4) is 17.2 Å². The van der Waals surface area contributed by atoms with Crippen LogP contribution in [0, 0.1) is 11.7 Å². The number of para-hydroxylation sites is 1. The number of nitrogens with zero attached hydrogens (tertiary/aromatic N) is 3. The largest absolute Gasteiger partial charge is 0.493 e. The quantitative estimate of drug-likeness (QED) is 0.637. The highest BCUT2D eigenvalue weighted by Gasteiger charge is 2.26. The van der Waals surface area contributed by atoms with Gasteiger partial charge in [0.15, 0.2) is 11.5 Å². The van der Waals surface area contributed by atoms with Gasteiger partial charge in [0.1, 0.15) is 11.6 Å². The lowest BCUT2D eigenvalue weighted by molar-refractivity contribution is 0.0689. The average molecular weight is 440 g/mol. The summed E-state index contributed by atoms with van der Waals surface area (Å²) < 4.78 is 26.0. The summed E-state index contributed by atoms with van der Waals surface area (Å²) in [4.78, 5) is 27.0. The number of amides is 1. The molecule has 168 valence electrons. The van der Waals surface area contributed by atoms with Gasteiger partial charge < -0.3 is 14.4 Å². The highest BCUT2D eigenvalue weighted by atomic mass is 19.1. The molecule has 9 heteroatoms. The topological polar surface area (TPSA) is 89.5 Å². The predicted molar refractivity (Wildman–Crippen MR) is 116 cm³/mol. The number of hydrogen-bond donors (Lipinski definition) is 1. The van der Waals surface area contributed by atoms with Gasteiger partial charge in [-0.15, -0.1) is 0 Å². The third-order valence-electron chi connectivity index (χ3n) is 5.84. The van der Waals surface area contributed by atoms with E-state index < -0.39 is 11.5 Å². The second-order valence-corrected chi connectivity index (χ2v) is 7.74. The standard InChI is InChI=1S/C23H25FN4O4/c1-31-19-8-7-16(14-20(19)32-2)22(29)27-11-9-15(10-12-27)13-21-25-26-23(30)28(21)18-6-4-3-5-17(18)24/h3-8,14-15H,9-13H2,1-2H3,(H,26,30). The first-order valence-electron chi connectivity index (χ1n) is 10.4. The van der Waals surface area contributed by atoms with Crippen molar-refractivity contribution in [3.63, 3.8) is 0 Å². The summed E-state index contributed by atoms with van der Waals surface area (Å²) in [6.45, 7) is 1.18. The van der Waals surface area contributed by atoms with Gasteiger partial charge in [-0.05, 0) is 49.1 Å². The number of halogens is 1. The van der Waals surface area contributed by atoms with Crippen molar-refractivity contribution < 1.29 is 18.7 Å². The molecule has 0 radical (unpaired) electrons. The Morgan fingerprint density at radius 2 is 1.84 bits per heavy atom. The Morgan fingerprint density at radius 1 is 1.12 bits per heavy atom. The molecule has 32 heavy (non-hydrogen) atoms. The van der Waals surface area contributed by atoms with Crippen LogP contribution < -0.4 is 15.2 Å². The maximum Gasteiger partial charge on any atom is 0.348 e. The fourth-order valence-corrected chi connectivity index (χ4v) is 4.10. The lowest BCUT2D eigenvalue weighted by atomic mass is 9.92. The molecule has 8 nitrogen and oxygen atoms in total. The van der Waals surface area contributed by atoms with Gasteiger partial charge in [0.2, 0.25) is 0 Å². The Balaban J connectivity index is 1.43. The van der Waals surface area contributed by atoms with Crippen molar-refractivity contribution in [2.75, 3.05) is 27.3 Å². The number of H-pyrrole nitrogens is 1. The van der Waals surface area contributed by atoms with Gasteiger partial charge in [0.25, 0.3) is 5.91 Å². The van der Waals surface area contributed by atoms with Crippen LogP contribution >= 0.6 is 0 Å². The van der Waals surface area contributed by atoms with Crippen molar-refractivity contribution in [3.05, 3.63) is 70.2 Å². The van der Waals surface area contributed by atoms with Crippen molar-refractivity contribution in [1.29, 1.82) is 0 Å². The molecule has 0 unspecified atom stereocenters. The number of likely N-dealkylation sites (tertiary alicyclic amines) is 1. The molecule has 0 spiro atoms. The summed E-state index contributed by atoms with van der Waals surface area (Å²) >= 11 is 0. The Bertz CT molecular complexity index is 1160. The molecule has 3 aromatic rings. The molecular formula is C23H25FN4O4. The first-order valence-corrected chi connectivity index (χ1v) is 10.4. The van der Waals surface area contributed by atoms with E-state index in [0.717, 1.165) is 12.8 Å². The van der Waals surface area contributed by atoms with E-state index in [1.807, 2.05) is 4.90 Å². The number of hydrogen-bond acceptors (Lipinski definition) is 5. The Hall–Kier alpha value is -3.62. The number of piperidine rings is 1. The SMILES string of the molecule is COc1ccc(C(=O)N2CCC(Cc3n[nH]c(=O)n3-c3ccccc3F)CC2)cc1OC. The number of methoxy groups -OCH3 is 2. The van der Waals surface area contributed by atoms with Crippen LogP contribution in [0.4, 0.5) is 4.39 Å². The van der Waals surface area contributed by atoms with Crippen molar-refractivity contribution >= 4 is 5.91 Å². The molecule has 0 saturated carbocycles. The summed E-state index contributed by atoms with van der Waals surface area (Å²) in [5.41, 5.74) is 0.260. The minimum Gasteiger partial charge on any atom is -0.493 e. The number of carbonyl (C=O) groups excluding carboxylic acids is 1. The fourth-order valence-electron chi connectivity index (χ4n) is 4.10. The van der Waals surface area contributed by atoms with Crippen LogP contribution in [-0.4, -0.2) is 52.9 Å². The molecule has 0 aliphatic carbocycles. The Kier molecular flexibility index (Phi) is 6.25. The molecule has 1 aromatic heterocycles. The Morgan fingerprint density at radius 3 is 2.53 bits per heavy atom. The van der Waals surface area contributed by atoms with Gasteiger partial charge in [-0.1, -0.05) is 12.1 Å². The van der Waals surface area contributed by atoms with Crippen LogP contribution in [0.25, 0.3) is 5.69 Å². The molecule has 1 N–H and O–H groups in total. The molecule has 1 fully saturated rings. The number of nitrogens with one attached hydrogen (secondary N) is 1. The summed E-state index contributed by atoms with van der Waals surface area (Å²) in [5.74, 6) is 1.26. The number of aromatic amines is 1. The minimum absolute atomic E-state index is 0.0626. The van der Waals surface area contributed by atoms with E-state index in [0.29, 0.717) is 42.4 Å². The molecule has 1 amide bonds. The van der Waals surface area contributed by atoms with Gasteiger partial charge in [-0.2, -0.15) is 5.10 Å². The number of benzene rings is 2. The average Bonchev–Trinajstić information content (AvgIpc) is 3.18. The zero-order valence-corrected chi connectivity index (χ0v) is 18.0. The maximum atomic E-state index is 14.2. The molecule has 1 saturated heterocycles. The van der Waals surface area contributed by atoms with Crippen molar-refractivity contribution in [2.45, 2.75) is 19.3 Å². The molecule has 0 bridgehead atoms. The first-order chi connectivity index (χ1) is 15.5. The third kappa shape index (κ3) is 4.23. The number of rotatable bonds is 6. The zero-order valence-electron chi connectivity index (χ0n) is 18.0. The summed E-state index contributed by atoms with van der Waals surface area (Å²) in [7, 11) is 3.09. The first kappa shape index (κ1) is 21.6. The van der Waals surface area contributed by atoms with Crippen LogP contribution in [0.5, 0.6) is 11.5 Å². The van der Waals surface area contributed by atoms with Gasteiger partial charge >= 0.3 is 5.69 Å². The van der Waals surface area contributed by atoms with Crippen LogP contribution in [0.3, 0.4) is 0 Å². The molecule has 1 aliphatic rings. The second-order valence-electron chi connectivity index (χ2n) is 7.74. The molecular weight excluding hydrogens is 415 g/mol. The molecule has 2 aromatic carbocycles. The second kappa shape index (κ2) is 9.25. The fraction of sp³-hybridized carbons (Fsp3) is 0.348. The number of carbonyl (C=O) groups is 1. The van der Waals surface area contributed by atoms with Crippen LogP contribution in [-0.2, 0) is 6.42 Å². The molecule has 2 heterocycles. The highest BCUT2D eigenvalue weighted by molar-refractivity contribution is 5.95. The van der Waals surface area contributed by atoms with E-state index in [4.69, 9.17) is 9.47 Å². The van der Waals surface area contributed by atoms with E-state index in [1.165, 1.54) is 17.7 Å². The van der Waals surface area contributed by atoms with Gasteiger partial charge in [-0.3, -0.25) is 4.79 Å². The van der Waals surface area contributed by atoms with Crippen LogP contribution in [0.15, 0.2) is 47.3 Å². The van der Waals surface area contributed by atoms with Gasteiger partial charge in [-0.25, -0.2) is 18.9 Å². The molecule has 0 atom stereocenters. The van der Waals surface area contributed by atoms with Gasteiger partial charge in [0.05, 0.1) is 19.9 Å². The summed E-state index contributed by atoms with van der Waals surface area (Å²) in [6.07, 6.45) is 2.04. The van der Waals surface area contributed by atoms with Crippen molar-refractivity contribution in [2.24, 2.45) is 5.92 Å². The minimum atomic E-state index is -0.479. The number of ether oxygens (including phenoxy) is 2. The third-order valence-corrected chi connectivity index (χ3v) is 5.84. The summed E-state index contributed by atoms with van der Waals surface area (Å²) in [5, 5.41) is 6.54. The highest BCUT2D eigenvalue weighted by Crippen LogP contribution is 2.29. The molecule has 4 rings (SSSR count). The zero-order chi connectivity index (χ0) is 22.7. The molecule has 1 aliphatic heterocycles. The van der Waals surface area contributed by atoms with E-state index >= 15 is 0 Å². The van der Waals surface area contributed by atoms with E-state index in [2.05, 4.69) is 10.2 Å². The maximum absolute atomic E-state index is 14.2. The Labute approximate surface area is 184 Å². The lowest BCUT2D eigenvalue weighted by Gasteiger charge is -2.32. The van der Waals surface area contributed by atoms with E-state index in [9.17, 15) is 14.0 Å². The van der Waals surface area contributed by atoms with E-state index in [-0.39, 0.29) is 17.5 Å². The summed E-state index contributed by atoms with van der Waals surface area (Å²) in [6, 6.07) is 11.3. The number of aromatic nitrogens is 3. The normalized spacial score (nSPS) is 14.4. The van der Waals surface area contributed by atoms with E-state index in [1.54, 1.807) is 43.5 Å². The predicted octanol–water partition coefficient (Wildman–Crippen LogP) is 2.81. The van der Waals surface area contributed by atoms with Crippen LogP contribution in [0.2, 0.25) is 0 Å². The lowest BCUT2D eigenvalue weighted by Crippen LogP contribution is -2.39. The smallest absolute Gasteiger partial charge is 0.348 e. The van der Waals surface area contributed by atoms with Gasteiger partial charge in [0, 0.05) is 25.1 Å². The monoisotopic (exact) mass is 440 g/mol.